The Bertz CT molecular complexity index is 930. The van der Waals surface area contributed by atoms with Gasteiger partial charge in [-0.3, -0.25) is 14.4 Å². The fraction of sp³-hybridized carbons (Fsp3) is 0.286. The molecule has 0 bridgehead atoms. The van der Waals surface area contributed by atoms with Crippen molar-refractivity contribution in [3.05, 3.63) is 54.6 Å². The van der Waals surface area contributed by atoms with Gasteiger partial charge in [0.2, 0.25) is 5.91 Å². The maximum Gasteiger partial charge on any atom is 0.332 e. The minimum Gasteiger partial charge on any atom is -0.497 e. The maximum absolute atomic E-state index is 13.2. The number of fused-ring (bicyclic) bond motifs is 1. The summed E-state index contributed by atoms with van der Waals surface area (Å²) in [5.41, 5.74) is 0.962. The molecular formula is C21H20N2O6. The summed E-state index contributed by atoms with van der Waals surface area (Å²) in [6.07, 6.45) is -1.10. The highest BCUT2D eigenvalue weighted by Crippen LogP contribution is 2.41. The number of nitrogens with zero attached hydrogens (tertiary/aromatic N) is 2. The zero-order valence-electron chi connectivity index (χ0n) is 16.0. The number of ether oxygens (including phenoxy) is 2. The van der Waals surface area contributed by atoms with Crippen LogP contribution < -0.4 is 14.7 Å². The van der Waals surface area contributed by atoms with Crippen LogP contribution in [0.5, 0.6) is 5.75 Å². The van der Waals surface area contributed by atoms with Crippen molar-refractivity contribution in [3.63, 3.8) is 0 Å². The topological polar surface area (TPSA) is 85.4 Å². The van der Waals surface area contributed by atoms with Crippen LogP contribution in [0.25, 0.3) is 0 Å². The van der Waals surface area contributed by atoms with Crippen molar-refractivity contribution in [1.29, 1.82) is 0 Å². The van der Waals surface area contributed by atoms with Gasteiger partial charge in [0.15, 0.2) is 12.1 Å². The van der Waals surface area contributed by atoms with Crippen molar-refractivity contribution in [3.8, 4) is 5.75 Å². The van der Waals surface area contributed by atoms with Crippen LogP contribution in [0.4, 0.5) is 11.4 Å². The van der Waals surface area contributed by atoms with Gasteiger partial charge in [-0.1, -0.05) is 18.2 Å². The zero-order valence-corrected chi connectivity index (χ0v) is 16.0. The molecule has 2 fully saturated rings. The Balaban J connectivity index is 1.70. The second-order valence-corrected chi connectivity index (χ2v) is 6.62. The Labute approximate surface area is 167 Å². The van der Waals surface area contributed by atoms with E-state index in [4.69, 9.17) is 14.3 Å². The van der Waals surface area contributed by atoms with E-state index >= 15 is 0 Å². The van der Waals surface area contributed by atoms with Crippen molar-refractivity contribution in [2.24, 2.45) is 5.92 Å². The number of hydrogen-bond acceptors (Lipinski definition) is 7. The number of carbonyl (C=O) groups excluding carboxylic acids is 3. The molecular weight excluding hydrogens is 376 g/mol. The molecule has 0 saturated carbocycles. The number of carbonyl (C=O) groups is 3. The van der Waals surface area contributed by atoms with Crippen molar-refractivity contribution in [2.45, 2.75) is 19.1 Å². The largest absolute Gasteiger partial charge is 0.497 e. The van der Waals surface area contributed by atoms with Gasteiger partial charge in [0, 0.05) is 0 Å². The van der Waals surface area contributed by atoms with Crippen molar-refractivity contribution in [2.75, 3.05) is 23.7 Å². The minimum absolute atomic E-state index is 0.147. The molecule has 2 aliphatic heterocycles. The van der Waals surface area contributed by atoms with E-state index in [-0.39, 0.29) is 6.61 Å². The van der Waals surface area contributed by atoms with Crippen LogP contribution in [-0.4, -0.2) is 43.6 Å². The van der Waals surface area contributed by atoms with E-state index in [2.05, 4.69) is 0 Å². The molecule has 2 saturated heterocycles. The maximum atomic E-state index is 13.2. The van der Waals surface area contributed by atoms with Gasteiger partial charge in [-0.15, -0.1) is 0 Å². The number of hydrogen-bond donors (Lipinski definition) is 0. The van der Waals surface area contributed by atoms with E-state index in [1.54, 1.807) is 68.6 Å². The summed E-state index contributed by atoms with van der Waals surface area (Å²) in [5.74, 6) is -1.98. The quantitative estimate of drug-likeness (QED) is 0.564. The third-order valence-electron chi connectivity index (χ3n) is 4.98. The highest BCUT2D eigenvalue weighted by molar-refractivity contribution is 6.24. The number of benzene rings is 2. The number of anilines is 2. The Hall–Kier alpha value is -3.39. The van der Waals surface area contributed by atoms with Gasteiger partial charge in [-0.2, -0.15) is 0 Å². The fourth-order valence-corrected chi connectivity index (χ4v) is 3.67. The second-order valence-electron chi connectivity index (χ2n) is 6.62. The molecule has 0 aliphatic carbocycles. The van der Waals surface area contributed by atoms with Gasteiger partial charge in [0.25, 0.3) is 5.91 Å². The molecule has 4 rings (SSSR count). The van der Waals surface area contributed by atoms with E-state index in [9.17, 15) is 14.4 Å². The van der Waals surface area contributed by atoms with Crippen LogP contribution in [-0.2, 0) is 24.0 Å². The fourth-order valence-electron chi connectivity index (χ4n) is 3.67. The Kier molecular flexibility index (Phi) is 4.94. The van der Waals surface area contributed by atoms with Gasteiger partial charge in [0.1, 0.15) is 11.7 Å². The molecule has 0 aromatic heterocycles. The average molecular weight is 396 g/mol. The standard InChI is InChI=1S/C21H20N2O6/c1-3-28-21(26)17-16-18(29-23(17)14-9-11-15(27-2)12-10-14)20(25)22(19(16)24)13-7-5-4-6-8-13/h4-12,16-18H,3H2,1-2H3/t16-,17+,18+/m0/s1. The first-order valence-electron chi connectivity index (χ1n) is 9.26. The Morgan fingerprint density at radius 3 is 2.31 bits per heavy atom. The molecule has 29 heavy (non-hydrogen) atoms. The molecule has 2 aromatic rings. The molecule has 8 heteroatoms. The number of para-hydroxylation sites is 1. The van der Waals surface area contributed by atoms with Crippen LogP contribution in [0.2, 0.25) is 0 Å². The van der Waals surface area contributed by atoms with E-state index in [0.29, 0.717) is 17.1 Å². The highest BCUT2D eigenvalue weighted by atomic mass is 16.7. The number of amides is 2. The SMILES string of the molecule is CCOC(=O)[C@H]1[C@@H]2C(=O)N(c3ccccc3)C(=O)[C@@H]2ON1c1ccc(OC)cc1. The first-order valence-corrected chi connectivity index (χ1v) is 9.26. The van der Waals surface area contributed by atoms with E-state index in [1.807, 2.05) is 0 Å². The van der Waals surface area contributed by atoms with Crippen LogP contribution in [0.1, 0.15) is 6.92 Å². The predicted molar refractivity (Wildman–Crippen MR) is 103 cm³/mol. The summed E-state index contributed by atoms with van der Waals surface area (Å²) in [6, 6.07) is 14.3. The average Bonchev–Trinajstić information content (AvgIpc) is 3.25. The summed E-state index contributed by atoms with van der Waals surface area (Å²) < 4.78 is 10.3. The molecule has 150 valence electrons. The number of esters is 1. The molecule has 2 aromatic carbocycles. The molecule has 0 radical (unpaired) electrons. The zero-order chi connectivity index (χ0) is 20.5. The Morgan fingerprint density at radius 1 is 1.00 bits per heavy atom. The van der Waals surface area contributed by atoms with Crippen molar-refractivity contribution in [1.82, 2.24) is 0 Å². The smallest absolute Gasteiger partial charge is 0.332 e. The summed E-state index contributed by atoms with van der Waals surface area (Å²) in [4.78, 5) is 45.8. The van der Waals surface area contributed by atoms with Gasteiger partial charge in [-0.25, -0.2) is 14.8 Å². The van der Waals surface area contributed by atoms with E-state index in [1.165, 1.54) is 5.06 Å². The number of methoxy groups -OCH3 is 1. The number of hydroxylamine groups is 1. The third kappa shape index (κ3) is 3.11. The Morgan fingerprint density at radius 2 is 1.69 bits per heavy atom. The summed E-state index contributed by atoms with van der Waals surface area (Å²) in [6.45, 7) is 1.83. The van der Waals surface area contributed by atoms with Crippen molar-refractivity contribution >= 4 is 29.2 Å². The van der Waals surface area contributed by atoms with E-state index < -0.39 is 35.8 Å². The summed E-state index contributed by atoms with van der Waals surface area (Å²) in [5, 5.41) is 1.30. The molecule has 2 heterocycles. The third-order valence-corrected chi connectivity index (χ3v) is 4.98. The summed E-state index contributed by atoms with van der Waals surface area (Å²) >= 11 is 0. The van der Waals surface area contributed by atoms with Crippen LogP contribution in [0.3, 0.4) is 0 Å². The van der Waals surface area contributed by atoms with Crippen LogP contribution in [0.15, 0.2) is 54.6 Å². The van der Waals surface area contributed by atoms with Gasteiger partial charge < -0.3 is 9.47 Å². The van der Waals surface area contributed by atoms with Crippen LogP contribution >= 0.6 is 0 Å². The van der Waals surface area contributed by atoms with Crippen molar-refractivity contribution < 1.29 is 28.7 Å². The lowest BCUT2D eigenvalue weighted by atomic mass is 9.96. The highest BCUT2D eigenvalue weighted by Gasteiger charge is 2.62. The lowest BCUT2D eigenvalue weighted by Gasteiger charge is -2.27. The second kappa shape index (κ2) is 7.56. The molecule has 0 spiro atoms. The number of imide groups is 1. The summed E-state index contributed by atoms with van der Waals surface area (Å²) in [7, 11) is 1.54. The monoisotopic (exact) mass is 396 g/mol. The van der Waals surface area contributed by atoms with Gasteiger partial charge >= 0.3 is 5.97 Å². The van der Waals surface area contributed by atoms with Crippen LogP contribution in [0, 0.1) is 5.92 Å². The normalized spacial score (nSPS) is 23.3. The van der Waals surface area contributed by atoms with Gasteiger partial charge in [0.05, 0.1) is 25.1 Å². The molecule has 2 aliphatic rings. The molecule has 2 amide bonds. The minimum atomic E-state index is -1.10. The lowest BCUT2D eigenvalue weighted by Crippen LogP contribution is -2.45. The first kappa shape index (κ1) is 18.9. The molecule has 8 nitrogen and oxygen atoms in total. The molecule has 0 N–H and O–H groups in total. The lowest BCUT2D eigenvalue weighted by molar-refractivity contribution is -0.147. The molecule has 0 unspecified atom stereocenters. The predicted octanol–water partition coefficient (Wildman–Crippen LogP) is 1.94. The molecule has 3 atom stereocenters. The van der Waals surface area contributed by atoms with Gasteiger partial charge in [-0.05, 0) is 43.3 Å². The van der Waals surface area contributed by atoms with E-state index in [0.717, 1.165) is 4.90 Å². The number of rotatable bonds is 5. The first-order chi connectivity index (χ1) is 14.1.